The Labute approximate surface area is 133 Å². The molecule has 0 radical (unpaired) electrons. The van der Waals surface area contributed by atoms with Crippen LogP contribution in [-0.2, 0) is 0 Å². The maximum Gasteiger partial charge on any atom is -0.0196 e. The van der Waals surface area contributed by atoms with E-state index in [-0.39, 0.29) is 0 Å². The molecule has 0 rings (SSSR count). The van der Waals surface area contributed by atoms with Crippen molar-refractivity contribution < 1.29 is 0 Å². The van der Waals surface area contributed by atoms with Gasteiger partial charge in [-0.25, -0.2) is 0 Å². The van der Waals surface area contributed by atoms with Gasteiger partial charge in [0.2, 0.25) is 0 Å². The van der Waals surface area contributed by atoms with Crippen LogP contribution in [0.3, 0.4) is 0 Å². The first kappa shape index (κ1) is 20.0. The molecule has 0 saturated carbocycles. The summed E-state index contributed by atoms with van der Waals surface area (Å²) in [6, 6.07) is 0. The lowest BCUT2D eigenvalue weighted by Gasteiger charge is -2.22. The molecule has 0 fully saturated rings. The average molecular weight is 289 g/mol. The van der Waals surface area contributed by atoms with Gasteiger partial charge in [-0.2, -0.15) is 0 Å². The van der Waals surface area contributed by atoms with Crippen LogP contribution < -0.4 is 0 Å². The maximum atomic E-state index is 4.18. The second-order valence-corrected chi connectivity index (χ2v) is 6.98. The van der Waals surface area contributed by atoms with Crippen molar-refractivity contribution in [1.29, 1.82) is 0 Å². The van der Waals surface area contributed by atoms with Gasteiger partial charge in [0.1, 0.15) is 0 Å². The molecule has 0 aromatic carbocycles. The molecular weight excluding hydrogens is 252 g/mol. The Morgan fingerprint density at radius 3 is 1.86 bits per heavy atom. The highest BCUT2D eigenvalue weighted by Crippen LogP contribution is 2.27. The fourth-order valence-corrected chi connectivity index (χ4v) is 2.32. The summed E-state index contributed by atoms with van der Waals surface area (Å²) in [5.41, 5.74) is 2.31. The molecule has 21 heavy (non-hydrogen) atoms. The average Bonchev–Trinajstić information content (AvgIpc) is 2.46. The van der Waals surface area contributed by atoms with Crippen molar-refractivity contribution in [1.82, 2.24) is 0 Å². The fourth-order valence-electron chi connectivity index (χ4n) is 2.32. The molecule has 0 heteroatoms. The largest absolute Gasteiger partial charge is 0.103 e. The maximum absolute atomic E-state index is 4.18. The van der Waals surface area contributed by atoms with E-state index < -0.39 is 0 Å². The highest BCUT2D eigenvalue weighted by Gasteiger charge is 2.15. The Hall–Kier alpha value is -1.04. The quantitative estimate of drug-likeness (QED) is 0.284. The third-order valence-corrected chi connectivity index (χ3v) is 4.72. The standard InChI is InChI=1S/C21H36/c1-9-17(4)11-13-19(6)21(8)15-14-20(7)18(5)12-10-16(2)3/h9-10,12,17,19-21H,1-2,5,11,13-15H2,3-4,6-8H3/b12-10-. The lowest BCUT2D eigenvalue weighted by Crippen LogP contribution is -2.11. The Kier molecular flexibility index (Phi) is 10.1. The Balaban J connectivity index is 4.10. The van der Waals surface area contributed by atoms with Crippen LogP contribution in [-0.4, -0.2) is 0 Å². The van der Waals surface area contributed by atoms with Gasteiger partial charge in [0.15, 0.2) is 0 Å². The second-order valence-electron chi connectivity index (χ2n) is 6.98. The number of allylic oxidation sites excluding steroid dienone is 5. The van der Waals surface area contributed by atoms with Crippen molar-refractivity contribution in [2.45, 2.75) is 60.3 Å². The van der Waals surface area contributed by atoms with Crippen molar-refractivity contribution in [2.24, 2.45) is 23.7 Å². The summed E-state index contributed by atoms with van der Waals surface area (Å²) in [6.45, 7) is 23.3. The monoisotopic (exact) mass is 288 g/mol. The second kappa shape index (κ2) is 10.7. The highest BCUT2D eigenvalue weighted by atomic mass is 14.2. The van der Waals surface area contributed by atoms with Crippen LogP contribution in [0.25, 0.3) is 0 Å². The molecule has 4 atom stereocenters. The fraction of sp³-hybridized carbons (Fsp3) is 0.619. The zero-order chi connectivity index (χ0) is 16.4. The summed E-state index contributed by atoms with van der Waals surface area (Å²) in [7, 11) is 0. The van der Waals surface area contributed by atoms with Gasteiger partial charge >= 0.3 is 0 Å². The summed E-state index contributed by atoms with van der Waals surface area (Å²) >= 11 is 0. The molecule has 0 heterocycles. The predicted octanol–water partition coefficient (Wildman–Crippen LogP) is 6.97. The molecule has 4 unspecified atom stereocenters. The topological polar surface area (TPSA) is 0 Å². The molecule has 0 aromatic rings. The Bertz CT molecular complexity index is 358. The normalized spacial score (nSPS) is 17.2. The summed E-state index contributed by atoms with van der Waals surface area (Å²) in [5.74, 6) is 2.77. The lowest BCUT2D eigenvalue weighted by atomic mass is 9.83. The first-order valence-electron chi connectivity index (χ1n) is 8.42. The van der Waals surface area contributed by atoms with Gasteiger partial charge in [0.05, 0.1) is 0 Å². The van der Waals surface area contributed by atoms with Gasteiger partial charge in [0.25, 0.3) is 0 Å². The molecule has 0 aliphatic heterocycles. The molecule has 0 N–H and O–H groups in total. The van der Waals surface area contributed by atoms with Crippen LogP contribution in [0.5, 0.6) is 0 Å². The van der Waals surface area contributed by atoms with E-state index in [1.54, 1.807) is 0 Å². The van der Waals surface area contributed by atoms with E-state index in [9.17, 15) is 0 Å². The van der Waals surface area contributed by atoms with Crippen molar-refractivity contribution in [3.05, 3.63) is 49.1 Å². The molecule has 0 spiro atoms. The molecule has 0 aliphatic rings. The van der Waals surface area contributed by atoms with Gasteiger partial charge in [-0.3, -0.25) is 0 Å². The van der Waals surface area contributed by atoms with Crippen LogP contribution in [0.1, 0.15) is 60.3 Å². The van der Waals surface area contributed by atoms with Crippen LogP contribution >= 0.6 is 0 Å². The van der Waals surface area contributed by atoms with Gasteiger partial charge in [-0.15, -0.1) is 6.58 Å². The Morgan fingerprint density at radius 1 is 0.857 bits per heavy atom. The summed E-state index contributed by atoms with van der Waals surface area (Å²) in [6.07, 6.45) is 11.3. The third-order valence-electron chi connectivity index (χ3n) is 4.72. The number of hydrogen-bond acceptors (Lipinski definition) is 0. The molecule has 0 amide bonds. The van der Waals surface area contributed by atoms with Crippen molar-refractivity contribution >= 4 is 0 Å². The smallest absolute Gasteiger partial charge is 0.0196 e. The van der Waals surface area contributed by atoms with Crippen molar-refractivity contribution in [3.63, 3.8) is 0 Å². The molecule has 120 valence electrons. The summed E-state index contributed by atoms with van der Waals surface area (Å²) in [5, 5.41) is 0. The molecule has 0 saturated heterocycles. The van der Waals surface area contributed by atoms with E-state index in [2.05, 4.69) is 65.7 Å². The minimum absolute atomic E-state index is 0.558. The SMILES string of the molecule is C=CC(C)CCC(C)C(C)CCC(C)C(=C)/C=C\C(=C)C. The van der Waals surface area contributed by atoms with Gasteiger partial charge in [-0.1, -0.05) is 70.2 Å². The van der Waals surface area contributed by atoms with E-state index in [1.165, 1.54) is 31.3 Å². The molecule has 0 aromatic heterocycles. The zero-order valence-electron chi connectivity index (χ0n) is 15.0. The van der Waals surface area contributed by atoms with Gasteiger partial charge in [0, 0.05) is 0 Å². The van der Waals surface area contributed by atoms with Gasteiger partial charge in [-0.05, 0) is 56.3 Å². The molecule has 0 nitrogen and oxygen atoms in total. The van der Waals surface area contributed by atoms with Crippen LogP contribution in [0.15, 0.2) is 49.1 Å². The van der Waals surface area contributed by atoms with E-state index in [0.29, 0.717) is 11.8 Å². The van der Waals surface area contributed by atoms with E-state index in [1.807, 2.05) is 6.92 Å². The summed E-state index contributed by atoms with van der Waals surface area (Å²) in [4.78, 5) is 0. The lowest BCUT2D eigenvalue weighted by molar-refractivity contribution is 0.310. The van der Waals surface area contributed by atoms with Crippen LogP contribution in [0.2, 0.25) is 0 Å². The molecule has 0 aliphatic carbocycles. The van der Waals surface area contributed by atoms with Crippen LogP contribution in [0.4, 0.5) is 0 Å². The van der Waals surface area contributed by atoms with Gasteiger partial charge < -0.3 is 0 Å². The molecule has 0 bridgehead atoms. The third kappa shape index (κ3) is 9.50. The summed E-state index contributed by atoms with van der Waals surface area (Å²) < 4.78 is 0. The minimum Gasteiger partial charge on any atom is -0.103 e. The van der Waals surface area contributed by atoms with Crippen molar-refractivity contribution in [3.8, 4) is 0 Å². The minimum atomic E-state index is 0.558. The number of rotatable bonds is 11. The van der Waals surface area contributed by atoms with Crippen LogP contribution in [0, 0.1) is 23.7 Å². The number of hydrogen-bond donors (Lipinski definition) is 0. The molecular formula is C21H36. The first-order chi connectivity index (χ1) is 9.77. The highest BCUT2D eigenvalue weighted by molar-refractivity contribution is 5.24. The first-order valence-corrected chi connectivity index (χ1v) is 8.42. The van der Waals surface area contributed by atoms with E-state index in [0.717, 1.165) is 17.4 Å². The predicted molar refractivity (Wildman–Crippen MR) is 98.4 cm³/mol. The van der Waals surface area contributed by atoms with E-state index in [4.69, 9.17) is 0 Å². The van der Waals surface area contributed by atoms with Crippen molar-refractivity contribution in [2.75, 3.05) is 0 Å². The Morgan fingerprint density at radius 2 is 1.38 bits per heavy atom. The zero-order valence-corrected chi connectivity index (χ0v) is 15.0. The van der Waals surface area contributed by atoms with E-state index >= 15 is 0 Å².